The number of nitrogens with zero attached hydrogens (tertiary/aromatic N) is 1. The first-order valence-electron chi connectivity index (χ1n) is 5.73. The van der Waals surface area contributed by atoms with Crippen LogP contribution in [0.25, 0.3) is 0 Å². The first-order valence-corrected chi connectivity index (χ1v) is 5.73. The largest absolute Gasteiger partial charge is 0.508 e. The van der Waals surface area contributed by atoms with Crippen LogP contribution < -0.4 is 5.32 Å². The van der Waals surface area contributed by atoms with Gasteiger partial charge in [-0.25, -0.2) is 4.98 Å². The normalized spacial score (nSPS) is 10.6. The van der Waals surface area contributed by atoms with Crippen LogP contribution >= 0.6 is 0 Å². The fourth-order valence-electron chi connectivity index (χ4n) is 1.68. The molecule has 0 fully saturated rings. The molecule has 0 spiro atoms. The number of aromatic nitrogens is 2. The second kappa shape index (κ2) is 5.50. The van der Waals surface area contributed by atoms with E-state index >= 15 is 0 Å². The average Bonchev–Trinajstić information content (AvgIpc) is 2.73. The highest BCUT2D eigenvalue weighted by molar-refractivity contribution is 5.25. The van der Waals surface area contributed by atoms with E-state index in [-0.39, 0.29) is 0 Å². The van der Waals surface area contributed by atoms with Gasteiger partial charge in [0.1, 0.15) is 11.6 Å². The highest BCUT2D eigenvalue weighted by Gasteiger charge is 1.97. The molecule has 1 aromatic heterocycles. The van der Waals surface area contributed by atoms with Crippen molar-refractivity contribution in [1.29, 1.82) is 0 Å². The minimum Gasteiger partial charge on any atom is -0.508 e. The lowest BCUT2D eigenvalue weighted by atomic mass is 10.1. The summed E-state index contributed by atoms with van der Waals surface area (Å²) >= 11 is 0. The Balaban J connectivity index is 1.71. The van der Waals surface area contributed by atoms with E-state index in [1.807, 2.05) is 25.3 Å². The van der Waals surface area contributed by atoms with E-state index < -0.39 is 0 Å². The van der Waals surface area contributed by atoms with Crippen LogP contribution in [0.2, 0.25) is 0 Å². The summed E-state index contributed by atoms with van der Waals surface area (Å²) in [4.78, 5) is 7.32. The molecule has 0 aliphatic carbocycles. The van der Waals surface area contributed by atoms with E-state index in [0.717, 1.165) is 31.0 Å². The SMILES string of the molecule is Cc1ncc(CNCCc2ccc(O)cc2)[nH]1. The fourth-order valence-corrected chi connectivity index (χ4v) is 1.68. The van der Waals surface area contributed by atoms with Gasteiger partial charge in [0.05, 0.1) is 0 Å². The van der Waals surface area contributed by atoms with Gasteiger partial charge in [0.25, 0.3) is 0 Å². The van der Waals surface area contributed by atoms with Crippen molar-refractivity contribution in [2.24, 2.45) is 0 Å². The number of H-pyrrole nitrogens is 1. The molecule has 0 aliphatic heterocycles. The van der Waals surface area contributed by atoms with Gasteiger partial charge in [-0.2, -0.15) is 0 Å². The Morgan fingerprint density at radius 3 is 2.71 bits per heavy atom. The molecule has 0 saturated carbocycles. The molecule has 2 rings (SSSR count). The Bertz CT molecular complexity index is 462. The van der Waals surface area contributed by atoms with Crippen molar-refractivity contribution >= 4 is 0 Å². The highest BCUT2D eigenvalue weighted by Crippen LogP contribution is 2.09. The maximum absolute atomic E-state index is 9.15. The van der Waals surface area contributed by atoms with E-state index in [0.29, 0.717) is 5.75 Å². The summed E-state index contributed by atoms with van der Waals surface area (Å²) in [5.74, 6) is 1.26. The molecule has 4 heteroatoms. The third-order valence-electron chi connectivity index (χ3n) is 2.60. The van der Waals surface area contributed by atoms with Gasteiger partial charge in [0.2, 0.25) is 0 Å². The number of phenolic OH excluding ortho intramolecular Hbond substituents is 1. The van der Waals surface area contributed by atoms with Crippen LogP contribution in [0.4, 0.5) is 0 Å². The topological polar surface area (TPSA) is 60.9 Å². The van der Waals surface area contributed by atoms with Crippen LogP contribution in [0, 0.1) is 6.92 Å². The maximum Gasteiger partial charge on any atom is 0.115 e. The molecule has 0 saturated heterocycles. The number of aromatic amines is 1. The zero-order valence-corrected chi connectivity index (χ0v) is 9.90. The summed E-state index contributed by atoms with van der Waals surface area (Å²) in [6, 6.07) is 7.32. The Hall–Kier alpha value is -1.81. The van der Waals surface area contributed by atoms with Gasteiger partial charge in [-0.15, -0.1) is 0 Å². The van der Waals surface area contributed by atoms with Crippen molar-refractivity contribution in [3.8, 4) is 5.75 Å². The molecule has 0 atom stereocenters. The third kappa shape index (κ3) is 3.60. The standard InChI is InChI=1S/C13H17N3O/c1-10-15-9-12(16-10)8-14-7-6-11-2-4-13(17)5-3-11/h2-5,9,14,17H,6-8H2,1H3,(H,15,16). The lowest BCUT2D eigenvalue weighted by molar-refractivity contribution is 0.475. The van der Waals surface area contributed by atoms with Crippen LogP contribution in [0.3, 0.4) is 0 Å². The van der Waals surface area contributed by atoms with Crippen LogP contribution in [0.15, 0.2) is 30.5 Å². The van der Waals surface area contributed by atoms with Gasteiger partial charge >= 0.3 is 0 Å². The molecule has 0 bridgehead atoms. The lowest BCUT2D eigenvalue weighted by Gasteiger charge is -2.03. The molecule has 1 aromatic carbocycles. The summed E-state index contributed by atoms with van der Waals surface area (Å²) in [6.45, 7) is 3.65. The number of benzene rings is 1. The molecule has 2 aromatic rings. The van der Waals surface area contributed by atoms with E-state index in [2.05, 4.69) is 15.3 Å². The minimum atomic E-state index is 0.314. The fraction of sp³-hybridized carbons (Fsp3) is 0.308. The number of imidazole rings is 1. The predicted molar refractivity (Wildman–Crippen MR) is 66.8 cm³/mol. The van der Waals surface area contributed by atoms with Gasteiger partial charge in [0.15, 0.2) is 0 Å². The molecule has 3 N–H and O–H groups in total. The highest BCUT2D eigenvalue weighted by atomic mass is 16.3. The van der Waals surface area contributed by atoms with Crippen LogP contribution in [0.5, 0.6) is 5.75 Å². The van der Waals surface area contributed by atoms with Gasteiger partial charge < -0.3 is 15.4 Å². The minimum absolute atomic E-state index is 0.314. The number of phenols is 1. The quantitative estimate of drug-likeness (QED) is 0.687. The molecular formula is C13H17N3O. The van der Waals surface area contributed by atoms with Crippen LogP contribution in [-0.2, 0) is 13.0 Å². The van der Waals surface area contributed by atoms with E-state index in [4.69, 9.17) is 5.11 Å². The van der Waals surface area contributed by atoms with Gasteiger partial charge in [-0.1, -0.05) is 12.1 Å². The molecule has 90 valence electrons. The van der Waals surface area contributed by atoms with Crippen molar-refractivity contribution < 1.29 is 5.11 Å². The Kier molecular flexibility index (Phi) is 3.77. The molecule has 0 radical (unpaired) electrons. The van der Waals surface area contributed by atoms with Crippen LogP contribution in [-0.4, -0.2) is 21.6 Å². The average molecular weight is 231 g/mol. The van der Waals surface area contributed by atoms with Crippen molar-refractivity contribution in [1.82, 2.24) is 15.3 Å². The molecular weight excluding hydrogens is 214 g/mol. The number of hydrogen-bond acceptors (Lipinski definition) is 3. The summed E-state index contributed by atoms with van der Waals surface area (Å²) in [5, 5.41) is 12.5. The summed E-state index contributed by atoms with van der Waals surface area (Å²) < 4.78 is 0. The van der Waals surface area contributed by atoms with E-state index in [9.17, 15) is 0 Å². The zero-order chi connectivity index (χ0) is 12.1. The number of aryl methyl sites for hydroxylation is 1. The Morgan fingerprint density at radius 2 is 2.06 bits per heavy atom. The summed E-state index contributed by atoms with van der Waals surface area (Å²) in [5.41, 5.74) is 2.32. The molecule has 0 amide bonds. The number of rotatable bonds is 5. The molecule has 0 unspecified atom stereocenters. The molecule has 4 nitrogen and oxygen atoms in total. The smallest absolute Gasteiger partial charge is 0.115 e. The van der Waals surface area contributed by atoms with Gasteiger partial charge in [-0.3, -0.25) is 0 Å². The number of aromatic hydroxyl groups is 1. The first-order chi connectivity index (χ1) is 8.24. The third-order valence-corrected chi connectivity index (χ3v) is 2.60. The van der Waals surface area contributed by atoms with Crippen molar-refractivity contribution in [2.75, 3.05) is 6.54 Å². The number of nitrogens with one attached hydrogen (secondary N) is 2. The first kappa shape index (κ1) is 11.7. The van der Waals surface area contributed by atoms with Crippen molar-refractivity contribution in [2.45, 2.75) is 19.9 Å². The monoisotopic (exact) mass is 231 g/mol. The second-order valence-electron chi connectivity index (χ2n) is 4.09. The number of hydrogen-bond donors (Lipinski definition) is 3. The lowest BCUT2D eigenvalue weighted by Crippen LogP contribution is -2.16. The Morgan fingerprint density at radius 1 is 1.29 bits per heavy atom. The van der Waals surface area contributed by atoms with Crippen molar-refractivity contribution in [3.63, 3.8) is 0 Å². The van der Waals surface area contributed by atoms with Crippen LogP contribution in [0.1, 0.15) is 17.1 Å². The van der Waals surface area contributed by atoms with Crippen molar-refractivity contribution in [3.05, 3.63) is 47.5 Å². The molecule has 17 heavy (non-hydrogen) atoms. The second-order valence-corrected chi connectivity index (χ2v) is 4.09. The van der Waals surface area contributed by atoms with Gasteiger partial charge in [-0.05, 0) is 37.6 Å². The Labute approximate surface area is 101 Å². The maximum atomic E-state index is 9.15. The predicted octanol–water partition coefficient (Wildman–Crippen LogP) is 1.76. The molecule has 0 aliphatic rings. The van der Waals surface area contributed by atoms with E-state index in [1.54, 1.807) is 12.1 Å². The van der Waals surface area contributed by atoms with E-state index in [1.165, 1.54) is 5.56 Å². The summed E-state index contributed by atoms with van der Waals surface area (Å²) in [6.07, 6.45) is 2.80. The zero-order valence-electron chi connectivity index (χ0n) is 9.90. The van der Waals surface area contributed by atoms with Gasteiger partial charge in [0, 0.05) is 18.4 Å². The molecule has 1 heterocycles. The summed E-state index contributed by atoms with van der Waals surface area (Å²) in [7, 11) is 0.